The van der Waals surface area contributed by atoms with Crippen molar-refractivity contribution in [3.8, 4) is 0 Å². The Morgan fingerprint density at radius 2 is 2.12 bits per heavy atom. The van der Waals surface area contributed by atoms with Gasteiger partial charge < -0.3 is 4.42 Å². The van der Waals surface area contributed by atoms with Crippen LogP contribution < -0.4 is 10.8 Å². The molecule has 2 nitrogen and oxygen atoms in total. The molecule has 0 spiro atoms. The zero-order valence-electron chi connectivity index (χ0n) is 11.0. The van der Waals surface area contributed by atoms with Crippen molar-refractivity contribution in [2.45, 2.75) is 34.1 Å². The van der Waals surface area contributed by atoms with Crippen molar-refractivity contribution in [2.24, 2.45) is 5.92 Å². The molecule has 0 amide bonds. The molecule has 1 radical (unpaired) electrons. The van der Waals surface area contributed by atoms with Crippen LogP contribution in [-0.4, -0.2) is 4.98 Å². The Labute approximate surface area is 128 Å². The second-order valence-corrected chi connectivity index (χ2v) is 3.48. The van der Waals surface area contributed by atoms with Crippen LogP contribution in [0.2, 0.25) is 0 Å². The summed E-state index contributed by atoms with van der Waals surface area (Å²) in [6.07, 6.45) is 8.37. The zero-order valence-corrected chi connectivity index (χ0v) is 13.9. The number of fused-ring (bicyclic) bond motifs is 1. The summed E-state index contributed by atoms with van der Waals surface area (Å²) in [6, 6.07) is 0. The molecular weight excluding hydrogens is 287 g/mol. The predicted octanol–water partition coefficient (Wildman–Crippen LogP) is 2.40. The predicted molar refractivity (Wildman–Crippen MR) is 67.1 cm³/mol. The van der Waals surface area contributed by atoms with E-state index in [1.165, 1.54) is 12.0 Å². The first-order chi connectivity index (χ1) is 7.83. The molecule has 3 heteroatoms. The molecule has 1 atom stereocenters. The van der Waals surface area contributed by atoms with Gasteiger partial charge in [0.15, 0.2) is 11.8 Å². The SMILES string of the molecule is CC.CCC(C)C1=c2ocnc2=CC=C=C1.[Y]. The fraction of sp³-hybridized carbons (Fsp3) is 0.429. The maximum Gasteiger partial charge on any atom is 0.181 e. The van der Waals surface area contributed by atoms with E-state index >= 15 is 0 Å². The average Bonchev–Trinajstić information content (AvgIpc) is 2.71. The summed E-state index contributed by atoms with van der Waals surface area (Å²) in [6.45, 7) is 8.35. The molecule has 1 aliphatic carbocycles. The summed E-state index contributed by atoms with van der Waals surface area (Å²) < 4.78 is 5.40. The number of rotatable bonds is 2. The van der Waals surface area contributed by atoms with Crippen LogP contribution in [0.5, 0.6) is 0 Å². The van der Waals surface area contributed by atoms with Crippen molar-refractivity contribution in [3.05, 3.63) is 35.0 Å². The van der Waals surface area contributed by atoms with Crippen LogP contribution in [-0.2, 0) is 32.7 Å². The Kier molecular flexibility index (Phi) is 8.42. The molecule has 1 unspecified atom stereocenters. The van der Waals surface area contributed by atoms with Crippen molar-refractivity contribution in [2.75, 3.05) is 0 Å². The first kappa shape index (κ1) is 16.6. The molecule has 0 aliphatic heterocycles. The number of allylic oxidation sites excluding steroid dienone is 1. The van der Waals surface area contributed by atoms with Gasteiger partial charge >= 0.3 is 0 Å². The average molecular weight is 306 g/mol. The van der Waals surface area contributed by atoms with Gasteiger partial charge in [0, 0.05) is 38.3 Å². The summed E-state index contributed by atoms with van der Waals surface area (Å²) in [7, 11) is 0. The van der Waals surface area contributed by atoms with E-state index in [9.17, 15) is 0 Å². The first-order valence-corrected chi connectivity index (χ1v) is 5.89. The van der Waals surface area contributed by atoms with Gasteiger partial charge in [-0.05, 0) is 30.6 Å². The third-order valence-electron chi connectivity index (χ3n) is 2.58. The second-order valence-electron chi connectivity index (χ2n) is 3.48. The minimum Gasteiger partial charge on any atom is -0.443 e. The summed E-state index contributed by atoms with van der Waals surface area (Å²) in [5.74, 6) is 0.481. The number of oxazole rings is 1. The Morgan fingerprint density at radius 3 is 2.76 bits per heavy atom. The Hall–Kier alpha value is -0.426. The Bertz CT molecular complexity index is 507. The molecule has 1 aliphatic rings. The molecule has 0 saturated carbocycles. The Morgan fingerprint density at radius 1 is 1.41 bits per heavy atom. The van der Waals surface area contributed by atoms with Crippen LogP contribution in [0.15, 0.2) is 28.7 Å². The standard InChI is InChI=1S/C12H13NO.C2H6.Y/c1-3-9(2)10-6-4-5-7-11-12(10)14-8-13-11;1-2;/h5-9H,3H2,1-2H3;1-2H3;. The third kappa shape index (κ3) is 4.06. The zero-order chi connectivity index (χ0) is 12.0. The number of hydrogen-bond acceptors (Lipinski definition) is 2. The normalized spacial score (nSPS) is 13.5. The quantitative estimate of drug-likeness (QED) is 0.784. The van der Waals surface area contributed by atoms with Crippen LogP contribution in [0, 0.1) is 5.92 Å². The van der Waals surface area contributed by atoms with Gasteiger partial charge in [-0.15, -0.1) is 5.73 Å². The van der Waals surface area contributed by atoms with E-state index in [1.54, 1.807) is 0 Å². The first-order valence-electron chi connectivity index (χ1n) is 5.89. The van der Waals surface area contributed by atoms with Gasteiger partial charge in [-0.1, -0.05) is 27.7 Å². The van der Waals surface area contributed by atoms with Crippen molar-refractivity contribution in [1.82, 2.24) is 4.98 Å². The summed E-state index contributed by atoms with van der Waals surface area (Å²) in [5, 5.41) is 0.904. The van der Waals surface area contributed by atoms with Gasteiger partial charge in [-0.2, -0.15) is 0 Å². The minimum absolute atomic E-state index is 0. The monoisotopic (exact) mass is 306 g/mol. The van der Waals surface area contributed by atoms with Crippen LogP contribution in [0.3, 0.4) is 0 Å². The summed E-state index contributed by atoms with van der Waals surface area (Å²) in [5.41, 5.74) is 5.18. The van der Waals surface area contributed by atoms with Crippen molar-refractivity contribution >= 4 is 11.6 Å². The Balaban J connectivity index is 0.000000811. The van der Waals surface area contributed by atoms with E-state index in [0.717, 1.165) is 17.2 Å². The van der Waals surface area contributed by atoms with Gasteiger partial charge in [0.25, 0.3) is 0 Å². The van der Waals surface area contributed by atoms with E-state index in [-0.39, 0.29) is 32.7 Å². The molecule has 1 aromatic heterocycles. The number of aromatic nitrogens is 1. The molecule has 0 aromatic carbocycles. The van der Waals surface area contributed by atoms with E-state index in [2.05, 4.69) is 24.6 Å². The van der Waals surface area contributed by atoms with Gasteiger partial charge in [0.1, 0.15) is 5.35 Å². The van der Waals surface area contributed by atoms with Crippen molar-refractivity contribution in [1.29, 1.82) is 0 Å². The molecule has 2 rings (SSSR count). The van der Waals surface area contributed by atoms with Crippen LogP contribution in [0.4, 0.5) is 0 Å². The van der Waals surface area contributed by atoms with E-state index in [4.69, 9.17) is 4.42 Å². The third-order valence-corrected chi connectivity index (χ3v) is 2.58. The summed E-state index contributed by atoms with van der Waals surface area (Å²) >= 11 is 0. The fourth-order valence-electron chi connectivity index (χ4n) is 1.51. The fourth-order valence-corrected chi connectivity index (χ4v) is 1.51. The molecular formula is C14H19NOY. The van der Waals surface area contributed by atoms with Gasteiger partial charge in [0.05, 0.1) is 0 Å². The van der Waals surface area contributed by atoms with Crippen LogP contribution in [0.25, 0.3) is 11.6 Å². The minimum atomic E-state index is 0. The van der Waals surface area contributed by atoms with E-state index in [1.807, 2.05) is 32.1 Å². The smallest absolute Gasteiger partial charge is 0.181 e. The van der Waals surface area contributed by atoms with Crippen molar-refractivity contribution < 1.29 is 37.1 Å². The maximum absolute atomic E-state index is 5.40. The molecule has 0 saturated heterocycles. The molecule has 1 aromatic rings. The van der Waals surface area contributed by atoms with Crippen molar-refractivity contribution in [3.63, 3.8) is 0 Å². The van der Waals surface area contributed by atoms with Gasteiger partial charge in [-0.25, -0.2) is 4.98 Å². The van der Waals surface area contributed by atoms with Gasteiger partial charge in [0.2, 0.25) is 0 Å². The molecule has 1 heterocycles. The number of nitrogens with zero attached hydrogens (tertiary/aromatic N) is 1. The van der Waals surface area contributed by atoms with E-state index in [0.29, 0.717) is 5.92 Å². The topological polar surface area (TPSA) is 26.0 Å². The molecule has 0 N–H and O–H groups in total. The molecule has 17 heavy (non-hydrogen) atoms. The molecule has 0 bridgehead atoms. The van der Waals surface area contributed by atoms with Gasteiger partial charge in [-0.3, -0.25) is 0 Å². The summed E-state index contributed by atoms with van der Waals surface area (Å²) in [4.78, 5) is 4.15. The maximum atomic E-state index is 5.40. The van der Waals surface area contributed by atoms with E-state index < -0.39 is 0 Å². The molecule has 89 valence electrons. The van der Waals surface area contributed by atoms with Crippen LogP contribution in [0.1, 0.15) is 34.1 Å². The van der Waals surface area contributed by atoms with Crippen LogP contribution >= 0.6 is 0 Å². The number of hydrogen-bond donors (Lipinski definition) is 0. The molecule has 0 fully saturated rings. The second kappa shape index (κ2) is 8.63. The largest absolute Gasteiger partial charge is 0.443 e.